The quantitative estimate of drug-likeness (QED) is 0.901. The fraction of sp³-hybridized carbons (Fsp3) is 0.333. The lowest BCUT2D eigenvalue weighted by Crippen LogP contribution is -2.23. The zero-order valence-corrected chi connectivity index (χ0v) is 12.6. The molecule has 0 unspecified atom stereocenters. The van der Waals surface area contributed by atoms with E-state index in [0.717, 1.165) is 11.1 Å². The van der Waals surface area contributed by atoms with Crippen molar-refractivity contribution in [2.45, 2.75) is 12.3 Å². The number of hydrogen-bond donors (Lipinski definition) is 2. The number of ether oxygens (including phenoxy) is 3. The molecule has 0 fully saturated rings. The molecular weight excluding hydrogens is 286 g/mol. The number of anilines is 1. The molecule has 1 amide bonds. The lowest BCUT2D eigenvalue weighted by Gasteiger charge is -2.24. The Morgan fingerprint density at radius 3 is 2.41 bits per heavy atom. The average molecular weight is 303 g/mol. The number of rotatable bonds is 4. The van der Waals surface area contributed by atoms with E-state index in [4.69, 9.17) is 14.2 Å². The van der Waals surface area contributed by atoms with Gasteiger partial charge in [-0.2, -0.15) is 5.10 Å². The van der Waals surface area contributed by atoms with Gasteiger partial charge in [-0.3, -0.25) is 9.89 Å². The third-order valence-electron chi connectivity index (χ3n) is 3.79. The Bertz CT molecular complexity index is 686. The maximum atomic E-state index is 11.9. The van der Waals surface area contributed by atoms with Gasteiger partial charge in [-0.05, 0) is 17.7 Å². The third-order valence-corrected chi connectivity index (χ3v) is 3.79. The summed E-state index contributed by atoms with van der Waals surface area (Å²) >= 11 is 0. The molecule has 1 aliphatic rings. The Morgan fingerprint density at radius 2 is 1.82 bits per heavy atom. The average Bonchev–Trinajstić information content (AvgIpc) is 3.00. The first-order valence-corrected chi connectivity index (χ1v) is 6.81. The minimum Gasteiger partial charge on any atom is -0.493 e. The van der Waals surface area contributed by atoms with Crippen LogP contribution in [0.1, 0.15) is 23.5 Å². The van der Waals surface area contributed by atoms with Crippen LogP contribution in [0.3, 0.4) is 0 Å². The number of H-pyrrole nitrogens is 1. The first-order valence-electron chi connectivity index (χ1n) is 6.81. The van der Waals surface area contributed by atoms with Gasteiger partial charge in [0.2, 0.25) is 11.7 Å². The first-order chi connectivity index (χ1) is 10.7. The van der Waals surface area contributed by atoms with Crippen LogP contribution in [-0.2, 0) is 4.79 Å². The lowest BCUT2D eigenvalue weighted by molar-refractivity contribution is -0.116. The van der Waals surface area contributed by atoms with Crippen molar-refractivity contribution in [1.29, 1.82) is 0 Å². The minimum atomic E-state index is -0.115. The van der Waals surface area contributed by atoms with E-state index in [1.807, 2.05) is 12.1 Å². The van der Waals surface area contributed by atoms with E-state index < -0.39 is 0 Å². The molecule has 0 saturated heterocycles. The number of carbonyl (C=O) groups is 1. The zero-order chi connectivity index (χ0) is 15.7. The topological polar surface area (TPSA) is 85.5 Å². The Morgan fingerprint density at radius 1 is 1.14 bits per heavy atom. The second kappa shape index (κ2) is 5.59. The molecule has 7 nitrogen and oxygen atoms in total. The van der Waals surface area contributed by atoms with Gasteiger partial charge in [0.15, 0.2) is 11.5 Å². The van der Waals surface area contributed by atoms with Crippen molar-refractivity contribution in [3.63, 3.8) is 0 Å². The predicted molar refractivity (Wildman–Crippen MR) is 79.8 cm³/mol. The summed E-state index contributed by atoms with van der Waals surface area (Å²) in [6, 6.07) is 3.72. The van der Waals surface area contributed by atoms with Crippen molar-refractivity contribution in [3.8, 4) is 17.2 Å². The fourth-order valence-corrected chi connectivity index (χ4v) is 2.75. The largest absolute Gasteiger partial charge is 0.493 e. The van der Waals surface area contributed by atoms with Crippen molar-refractivity contribution < 1.29 is 19.0 Å². The van der Waals surface area contributed by atoms with Gasteiger partial charge in [-0.25, -0.2) is 0 Å². The van der Waals surface area contributed by atoms with E-state index in [2.05, 4.69) is 15.5 Å². The predicted octanol–water partition coefficient (Wildman–Crippen LogP) is 1.91. The van der Waals surface area contributed by atoms with Crippen LogP contribution >= 0.6 is 0 Å². The van der Waals surface area contributed by atoms with Gasteiger partial charge < -0.3 is 19.5 Å². The molecule has 7 heteroatoms. The number of aromatic amines is 1. The highest BCUT2D eigenvalue weighted by Crippen LogP contribution is 2.43. The number of methoxy groups -OCH3 is 3. The van der Waals surface area contributed by atoms with Crippen molar-refractivity contribution in [1.82, 2.24) is 10.2 Å². The molecule has 1 aliphatic heterocycles. The molecular formula is C15H17N3O4. The van der Waals surface area contributed by atoms with Crippen LogP contribution in [0.5, 0.6) is 17.2 Å². The highest BCUT2D eigenvalue weighted by Gasteiger charge is 2.29. The maximum Gasteiger partial charge on any atom is 0.226 e. The minimum absolute atomic E-state index is 0.0597. The van der Waals surface area contributed by atoms with E-state index in [0.29, 0.717) is 29.5 Å². The highest BCUT2D eigenvalue weighted by atomic mass is 16.5. The second-order valence-corrected chi connectivity index (χ2v) is 4.96. The number of nitrogens with one attached hydrogen (secondary N) is 2. The van der Waals surface area contributed by atoms with Crippen molar-refractivity contribution in [2.24, 2.45) is 0 Å². The van der Waals surface area contributed by atoms with E-state index in [-0.39, 0.29) is 11.8 Å². The smallest absolute Gasteiger partial charge is 0.226 e. The molecule has 2 N–H and O–H groups in total. The highest BCUT2D eigenvalue weighted by molar-refractivity contribution is 5.94. The van der Waals surface area contributed by atoms with E-state index in [9.17, 15) is 4.79 Å². The van der Waals surface area contributed by atoms with Gasteiger partial charge in [0, 0.05) is 17.9 Å². The van der Waals surface area contributed by atoms with Gasteiger partial charge in [-0.1, -0.05) is 0 Å². The zero-order valence-electron chi connectivity index (χ0n) is 12.6. The van der Waals surface area contributed by atoms with Gasteiger partial charge in [0.05, 0.1) is 27.5 Å². The summed E-state index contributed by atoms with van der Waals surface area (Å²) < 4.78 is 16.1. The molecule has 1 atom stereocenters. The monoisotopic (exact) mass is 303 g/mol. The molecule has 22 heavy (non-hydrogen) atoms. The van der Waals surface area contributed by atoms with E-state index >= 15 is 0 Å². The van der Waals surface area contributed by atoms with Crippen LogP contribution in [0.2, 0.25) is 0 Å². The molecule has 0 radical (unpaired) electrons. The molecule has 3 rings (SSSR count). The molecule has 0 aliphatic carbocycles. The summed E-state index contributed by atoms with van der Waals surface area (Å²) in [5.74, 6) is 2.11. The maximum absolute atomic E-state index is 11.9. The number of aromatic nitrogens is 2. The molecule has 0 spiro atoms. The molecule has 1 aromatic carbocycles. The molecule has 2 heterocycles. The summed E-state index contributed by atoms with van der Waals surface area (Å²) in [5, 5.41) is 9.58. The first kappa shape index (κ1) is 14.2. The SMILES string of the molecule is COc1cc([C@H]2CC(=O)Nc3[nH]ncc32)cc(OC)c1OC. The standard InChI is InChI=1S/C15H17N3O4/c1-20-11-4-8(5-12(21-2)14(11)22-3)9-6-13(19)17-15-10(9)7-16-18-15/h4-5,7,9H,6H2,1-3H3,(H2,16,17,18,19)/t9-/m1/s1. The fourth-order valence-electron chi connectivity index (χ4n) is 2.75. The summed E-state index contributed by atoms with van der Waals surface area (Å²) in [5.41, 5.74) is 1.85. The van der Waals surface area contributed by atoms with Crippen LogP contribution in [0, 0.1) is 0 Å². The number of hydrogen-bond acceptors (Lipinski definition) is 5. The van der Waals surface area contributed by atoms with Gasteiger partial charge >= 0.3 is 0 Å². The number of benzene rings is 1. The van der Waals surface area contributed by atoms with Crippen LogP contribution in [0.15, 0.2) is 18.3 Å². The van der Waals surface area contributed by atoms with Gasteiger partial charge in [-0.15, -0.1) is 0 Å². The summed E-state index contributed by atoms with van der Waals surface area (Å²) in [7, 11) is 4.69. The van der Waals surface area contributed by atoms with Crippen molar-refractivity contribution in [2.75, 3.05) is 26.6 Å². The van der Waals surface area contributed by atoms with E-state index in [1.165, 1.54) is 0 Å². The van der Waals surface area contributed by atoms with Crippen LogP contribution in [0.25, 0.3) is 0 Å². The van der Waals surface area contributed by atoms with Crippen molar-refractivity contribution >= 4 is 11.7 Å². The Kier molecular flexibility index (Phi) is 3.62. The second-order valence-electron chi connectivity index (χ2n) is 4.96. The number of nitrogens with zero attached hydrogens (tertiary/aromatic N) is 1. The van der Waals surface area contributed by atoms with Gasteiger partial charge in [0.25, 0.3) is 0 Å². The van der Waals surface area contributed by atoms with Crippen LogP contribution in [0.4, 0.5) is 5.82 Å². The summed E-state index contributed by atoms with van der Waals surface area (Å²) in [4.78, 5) is 11.9. The summed E-state index contributed by atoms with van der Waals surface area (Å²) in [6.07, 6.45) is 2.06. The normalized spacial score (nSPS) is 16.7. The summed E-state index contributed by atoms with van der Waals surface area (Å²) in [6.45, 7) is 0. The van der Waals surface area contributed by atoms with Crippen LogP contribution < -0.4 is 19.5 Å². The van der Waals surface area contributed by atoms with E-state index in [1.54, 1.807) is 27.5 Å². The molecule has 0 saturated carbocycles. The molecule has 116 valence electrons. The number of amides is 1. The molecule has 0 bridgehead atoms. The third kappa shape index (κ3) is 2.24. The Balaban J connectivity index is 2.11. The molecule has 1 aromatic heterocycles. The lowest BCUT2D eigenvalue weighted by atomic mass is 9.87. The van der Waals surface area contributed by atoms with Crippen LogP contribution in [-0.4, -0.2) is 37.4 Å². The Hall–Kier alpha value is -2.70. The molecule has 2 aromatic rings. The number of carbonyl (C=O) groups excluding carboxylic acids is 1. The van der Waals surface area contributed by atoms with Crippen molar-refractivity contribution in [3.05, 3.63) is 29.5 Å². The van der Waals surface area contributed by atoms with Gasteiger partial charge in [0.1, 0.15) is 5.82 Å². The Labute approximate surface area is 127 Å². The number of fused-ring (bicyclic) bond motifs is 1.